The molecule has 0 radical (unpaired) electrons. The summed E-state index contributed by atoms with van der Waals surface area (Å²) in [5, 5.41) is 3.94. The maximum Gasteiger partial charge on any atom is 0.261 e. The van der Waals surface area contributed by atoms with Crippen LogP contribution in [0.1, 0.15) is 34.5 Å². The Morgan fingerprint density at radius 2 is 2.22 bits per heavy atom. The highest BCUT2D eigenvalue weighted by Gasteiger charge is 2.34. The number of hydrogen-bond donors (Lipinski definition) is 1. The van der Waals surface area contributed by atoms with Crippen LogP contribution in [0.3, 0.4) is 0 Å². The molecular formula is C18H21FN2OS. The van der Waals surface area contributed by atoms with Crippen molar-refractivity contribution < 1.29 is 9.18 Å². The molecule has 0 unspecified atom stereocenters. The van der Waals surface area contributed by atoms with Gasteiger partial charge in [0.25, 0.3) is 5.91 Å². The summed E-state index contributed by atoms with van der Waals surface area (Å²) in [5.74, 6) is 0.289. The second-order valence-corrected chi connectivity index (χ2v) is 7.84. The zero-order valence-electron chi connectivity index (χ0n) is 13.3. The molecule has 5 heteroatoms. The molecule has 1 aliphatic carbocycles. The van der Waals surface area contributed by atoms with Gasteiger partial charge in [0.05, 0.1) is 4.88 Å². The molecule has 1 N–H and O–H groups in total. The van der Waals surface area contributed by atoms with Gasteiger partial charge < -0.3 is 10.2 Å². The summed E-state index contributed by atoms with van der Waals surface area (Å²) in [6, 6.07) is 5.53. The molecule has 2 fully saturated rings. The number of fused-ring (bicyclic) bond motifs is 1. The number of rotatable bonds is 4. The van der Waals surface area contributed by atoms with E-state index in [1.165, 1.54) is 49.3 Å². The van der Waals surface area contributed by atoms with E-state index >= 15 is 0 Å². The molecule has 1 saturated heterocycles. The summed E-state index contributed by atoms with van der Waals surface area (Å²) in [4.78, 5) is 15.8. The molecular weight excluding hydrogens is 311 g/mol. The molecule has 4 rings (SSSR count). The molecule has 1 aliphatic heterocycles. The Morgan fingerprint density at radius 3 is 3.00 bits per heavy atom. The summed E-state index contributed by atoms with van der Waals surface area (Å²) in [6.07, 6.45) is 3.86. The second kappa shape index (κ2) is 5.87. The largest absolute Gasteiger partial charge is 0.351 e. The second-order valence-electron chi connectivity index (χ2n) is 6.79. The number of benzene rings is 1. The average molecular weight is 332 g/mol. The average Bonchev–Trinajstić information content (AvgIpc) is 3.20. The van der Waals surface area contributed by atoms with Crippen molar-refractivity contribution in [3.63, 3.8) is 0 Å². The minimum absolute atomic E-state index is 0.0195. The molecule has 1 aromatic carbocycles. The van der Waals surface area contributed by atoms with E-state index in [1.807, 2.05) is 6.92 Å². The van der Waals surface area contributed by atoms with E-state index < -0.39 is 0 Å². The van der Waals surface area contributed by atoms with Crippen LogP contribution in [0.15, 0.2) is 18.2 Å². The number of likely N-dealkylation sites (tertiary alicyclic amines) is 1. The zero-order valence-corrected chi connectivity index (χ0v) is 14.1. The van der Waals surface area contributed by atoms with Crippen LogP contribution in [0.25, 0.3) is 10.1 Å². The number of nitrogens with zero attached hydrogens (tertiary/aromatic N) is 1. The van der Waals surface area contributed by atoms with Crippen LogP contribution in [0.4, 0.5) is 4.39 Å². The van der Waals surface area contributed by atoms with E-state index in [2.05, 4.69) is 10.2 Å². The van der Waals surface area contributed by atoms with Gasteiger partial charge in [-0.3, -0.25) is 4.79 Å². The third-order valence-corrected chi connectivity index (χ3v) is 6.31. The molecule has 0 spiro atoms. The first-order valence-electron chi connectivity index (χ1n) is 8.32. The fourth-order valence-corrected chi connectivity index (χ4v) is 4.63. The molecule has 1 amide bonds. The van der Waals surface area contributed by atoms with Gasteiger partial charge in [0.2, 0.25) is 0 Å². The number of carbonyl (C=O) groups excluding carboxylic acids is 1. The lowest BCUT2D eigenvalue weighted by Crippen LogP contribution is -2.31. The van der Waals surface area contributed by atoms with E-state index in [0.717, 1.165) is 34.8 Å². The Balaban J connectivity index is 1.42. The molecule has 1 atom stereocenters. The fraction of sp³-hybridized carbons (Fsp3) is 0.500. The summed E-state index contributed by atoms with van der Waals surface area (Å²) in [7, 11) is 0. The van der Waals surface area contributed by atoms with Crippen molar-refractivity contribution in [3.8, 4) is 0 Å². The predicted molar refractivity (Wildman–Crippen MR) is 91.6 cm³/mol. The van der Waals surface area contributed by atoms with E-state index in [-0.39, 0.29) is 11.7 Å². The Kier molecular flexibility index (Phi) is 3.85. The SMILES string of the molecule is Cc1c(C(=O)NC[C@@H]2CCN(C3CC3)C2)sc2ccc(F)cc12. The van der Waals surface area contributed by atoms with Crippen LogP contribution in [-0.2, 0) is 0 Å². The number of thiophene rings is 1. The van der Waals surface area contributed by atoms with Gasteiger partial charge in [-0.1, -0.05) is 0 Å². The smallest absolute Gasteiger partial charge is 0.261 e. The minimum atomic E-state index is -0.253. The molecule has 122 valence electrons. The first-order chi connectivity index (χ1) is 11.1. The lowest BCUT2D eigenvalue weighted by Gasteiger charge is -2.15. The Bertz CT molecular complexity index is 753. The Morgan fingerprint density at radius 1 is 1.39 bits per heavy atom. The molecule has 23 heavy (non-hydrogen) atoms. The highest BCUT2D eigenvalue weighted by atomic mass is 32.1. The number of hydrogen-bond acceptors (Lipinski definition) is 3. The van der Waals surface area contributed by atoms with Crippen LogP contribution in [0.5, 0.6) is 0 Å². The highest BCUT2D eigenvalue weighted by Crippen LogP contribution is 2.32. The van der Waals surface area contributed by atoms with Gasteiger partial charge in [-0.15, -0.1) is 11.3 Å². The van der Waals surface area contributed by atoms with Gasteiger partial charge in [0, 0.05) is 23.8 Å². The van der Waals surface area contributed by atoms with Crippen LogP contribution in [0, 0.1) is 18.7 Å². The minimum Gasteiger partial charge on any atom is -0.351 e. The lowest BCUT2D eigenvalue weighted by atomic mass is 10.1. The van der Waals surface area contributed by atoms with Crippen LogP contribution in [0.2, 0.25) is 0 Å². The van der Waals surface area contributed by atoms with Crippen molar-refractivity contribution >= 4 is 27.3 Å². The van der Waals surface area contributed by atoms with Crippen LogP contribution in [-0.4, -0.2) is 36.5 Å². The molecule has 0 bridgehead atoms. The standard InChI is InChI=1S/C18H21FN2OS/c1-11-15-8-13(19)2-5-16(15)23-17(11)18(22)20-9-12-6-7-21(10-12)14-3-4-14/h2,5,8,12,14H,3-4,6-7,9-10H2,1H3,(H,20,22)/t12-/m0/s1. The van der Waals surface area contributed by atoms with Crippen molar-refractivity contribution in [2.75, 3.05) is 19.6 Å². The van der Waals surface area contributed by atoms with E-state index in [1.54, 1.807) is 6.07 Å². The number of amides is 1. The number of halogens is 1. The summed E-state index contributed by atoms with van der Waals surface area (Å²) in [6.45, 7) is 4.93. The molecule has 1 saturated carbocycles. The van der Waals surface area contributed by atoms with Crippen molar-refractivity contribution in [2.24, 2.45) is 5.92 Å². The number of nitrogens with one attached hydrogen (secondary N) is 1. The van der Waals surface area contributed by atoms with Crippen LogP contribution >= 0.6 is 11.3 Å². The van der Waals surface area contributed by atoms with Crippen LogP contribution < -0.4 is 5.32 Å². The maximum atomic E-state index is 13.4. The third-order valence-electron chi connectivity index (χ3n) is 5.04. The molecule has 2 aliphatic rings. The molecule has 2 heterocycles. The number of aryl methyl sites for hydroxylation is 1. The first-order valence-corrected chi connectivity index (χ1v) is 9.14. The van der Waals surface area contributed by atoms with Gasteiger partial charge in [0.1, 0.15) is 5.82 Å². The van der Waals surface area contributed by atoms with Gasteiger partial charge in [-0.05, 0) is 67.8 Å². The van der Waals surface area contributed by atoms with Crippen molar-refractivity contribution in [3.05, 3.63) is 34.5 Å². The molecule has 1 aromatic heterocycles. The summed E-state index contributed by atoms with van der Waals surface area (Å²) in [5.41, 5.74) is 0.882. The summed E-state index contributed by atoms with van der Waals surface area (Å²) < 4.78 is 14.4. The fourth-order valence-electron chi connectivity index (χ4n) is 3.53. The van der Waals surface area contributed by atoms with Gasteiger partial charge in [0.15, 0.2) is 0 Å². The highest BCUT2D eigenvalue weighted by molar-refractivity contribution is 7.21. The van der Waals surface area contributed by atoms with Crippen molar-refractivity contribution in [1.29, 1.82) is 0 Å². The first kappa shape index (κ1) is 15.1. The van der Waals surface area contributed by atoms with Gasteiger partial charge in [-0.25, -0.2) is 4.39 Å². The van der Waals surface area contributed by atoms with E-state index in [0.29, 0.717) is 10.8 Å². The van der Waals surface area contributed by atoms with Gasteiger partial charge in [-0.2, -0.15) is 0 Å². The zero-order chi connectivity index (χ0) is 16.0. The third kappa shape index (κ3) is 3.00. The molecule has 2 aromatic rings. The van der Waals surface area contributed by atoms with Crippen molar-refractivity contribution in [1.82, 2.24) is 10.2 Å². The maximum absolute atomic E-state index is 13.4. The van der Waals surface area contributed by atoms with E-state index in [4.69, 9.17) is 0 Å². The van der Waals surface area contributed by atoms with E-state index in [9.17, 15) is 9.18 Å². The van der Waals surface area contributed by atoms with Gasteiger partial charge >= 0.3 is 0 Å². The predicted octanol–water partition coefficient (Wildman–Crippen LogP) is 3.56. The normalized spacial score (nSPS) is 21.9. The lowest BCUT2D eigenvalue weighted by molar-refractivity contribution is 0.0951. The van der Waals surface area contributed by atoms with Crippen molar-refractivity contribution in [2.45, 2.75) is 32.2 Å². The molecule has 3 nitrogen and oxygen atoms in total. The Labute approximate surface area is 139 Å². The quantitative estimate of drug-likeness (QED) is 0.928. The number of carbonyl (C=O) groups is 1. The summed E-state index contributed by atoms with van der Waals surface area (Å²) >= 11 is 1.45. The Hall–Kier alpha value is -1.46. The monoisotopic (exact) mass is 332 g/mol. The topological polar surface area (TPSA) is 32.3 Å².